The third kappa shape index (κ3) is 4.34. The highest BCUT2D eigenvalue weighted by molar-refractivity contribution is 5.95. The van der Waals surface area contributed by atoms with Gasteiger partial charge in [-0.2, -0.15) is 0 Å². The highest BCUT2D eigenvalue weighted by Crippen LogP contribution is 2.19. The van der Waals surface area contributed by atoms with Crippen molar-refractivity contribution < 1.29 is 23.9 Å². The van der Waals surface area contributed by atoms with E-state index in [-0.39, 0.29) is 12.3 Å². The Morgan fingerprint density at radius 2 is 2.00 bits per heavy atom. The van der Waals surface area contributed by atoms with Crippen molar-refractivity contribution in [3.63, 3.8) is 0 Å². The van der Waals surface area contributed by atoms with Crippen molar-refractivity contribution in [2.45, 2.75) is 25.5 Å². The average molecular weight is 332 g/mol. The molecule has 1 aliphatic rings. The van der Waals surface area contributed by atoms with E-state index in [9.17, 15) is 14.4 Å². The van der Waals surface area contributed by atoms with Crippen molar-refractivity contribution in [2.75, 3.05) is 13.7 Å². The van der Waals surface area contributed by atoms with Crippen LogP contribution in [0.3, 0.4) is 0 Å². The lowest BCUT2D eigenvalue weighted by atomic mass is 10.2. The molecule has 0 aliphatic carbocycles. The molecule has 1 N–H and O–H groups in total. The van der Waals surface area contributed by atoms with E-state index in [4.69, 9.17) is 4.74 Å². The number of amides is 2. The first-order chi connectivity index (χ1) is 11.5. The first-order valence-corrected chi connectivity index (χ1v) is 7.58. The second-order valence-electron chi connectivity index (χ2n) is 5.35. The number of ether oxygens (including phenoxy) is 2. The minimum Gasteiger partial charge on any atom is -0.464 e. The quantitative estimate of drug-likeness (QED) is 0.654. The Morgan fingerprint density at radius 3 is 2.67 bits per heavy atom. The van der Waals surface area contributed by atoms with Gasteiger partial charge in [0.25, 0.3) is 0 Å². The summed E-state index contributed by atoms with van der Waals surface area (Å²) in [4.78, 5) is 37.1. The predicted molar refractivity (Wildman–Crippen MR) is 85.7 cm³/mol. The molecule has 0 aromatic heterocycles. The van der Waals surface area contributed by atoms with Crippen molar-refractivity contribution in [3.05, 3.63) is 48.2 Å². The largest absolute Gasteiger partial charge is 0.464 e. The Bertz CT molecular complexity index is 629. The number of methoxy groups -OCH3 is 1. The van der Waals surface area contributed by atoms with Crippen LogP contribution < -0.4 is 5.32 Å². The Hall–Kier alpha value is -2.83. The molecule has 1 heterocycles. The van der Waals surface area contributed by atoms with Crippen LogP contribution in [0.1, 0.15) is 18.4 Å². The second kappa shape index (κ2) is 8.14. The summed E-state index contributed by atoms with van der Waals surface area (Å²) in [5.41, 5.74) is 0.706. The van der Waals surface area contributed by atoms with Crippen LogP contribution in [0, 0.1) is 0 Å². The van der Waals surface area contributed by atoms with Crippen LogP contribution in [0.25, 0.3) is 0 Å². The van der Waals surface area contributed by atoms with Gasteiger partial charge in [0.1, 0.15) is 18.3 Å². The van der Waals surface area contributed by atoms with Gasteiger partial charge in [0.05, 0.1) is 7.11 Å². The van der Waals surface area contributed by atoms with Crippen molar-refractivity contribution >= 4 is 18.0 Å². The smallest absolute Gasteiger partial charge is 0.410 e. The summed E-state index contributed by atoms with van der Waals surface area (Å²) in [6.45, 7) is 4.01. The highest BCUT2D eigenvalue weighted by Gasteiger charge is 2.35. The molecule has 7 heteroatoms. The zero-order valence-corrected chi connectivity index (χ0v) is 13.5. The molecule has 0 bridgehead atoms. The Kier molecular flexibility index (Phi) is 5.95. The Balaban J connectivity index is 1.91. The molecule has 7 nitrogen and oxygen atoms in total. The van der Waals surface area contributed by atoms with Crippen molar-refractivity contribution in [3.8, 4) is 0 Å². The molecule has 2 amide bonds. The molecule has 1 aromatic rings. The van der Waals surface area contributed by atoms with E-state index in [0.717, 1.165) is 5.56 Å². The fourth-order valence-electron chi connectivity index (χ4n) is 2.47. The van der Waals surface area contributed by atoms with E-state index >= 15 is 0 Å². The van der Waals surface area contributed by atoms with Crippen molar-refractivity contribution in [1.29, 1.82) is 0 Å². The van der Waals surface area contributed by atoms with Gasteiger partial charge in [-0.15, -0.1) is 0 Å². The molecule has 0 saturated carbocycles. The Morgan fingerprint density at radius 1 is 1.29 bits per heavy atom. The molecule has 1 saturated heterocycles. The Labute approximate surface area is 140 Å². The van der Waals surface area contributed by atoms with Gasteiger partial charge in [-0.3, -0.25) is 9.69 Å². The van der Waals surface area contributed by atoms with Gasteiger partial charge in [0.2, 0.25) is 5.91 Å². The molecule has 1 aromatic carbocycles. The zero-order valence-electron chi connectivity index (χ0n) is 13.5. The number of hydrogen-bond donors (Lipinski definition) is 1. The summed E-state index contributed by atoms with van der Waals surface area (Å²) in [5.74, 6) is -1.20. The monoisotopic (exact) mass is 332 g/mol. The second-order valence-corrected chi connectivity index (χ2v) is 5.35. The third-order valence-corrected chi connectivity index (χ3v) is 3.70. The molecular weight excluding hydrogens is 312 g/mol. The lowest BCUT2D eigenvalue weighted by molar-refractivity contribution is -0.138. The summed E-state index contributed by atoms with van der Waals surface area (Å²) in [7, 11) is 1.20. The minimum atomic E-state index is -0.723. The number of carbonyl (C=O) groups excluding carboxylic acids is 3. The average Bonchev–Trinajstić information content (AvgIpc) is 3.09. The van der Waals surface area contributed by atoms with E-state index in [1.807, 2.05) is 30.3 Å². The third-order valence-electron chi connectivity index (χ3n) is 3.70. The number of esters is 1. The summed E-state index contributed by atoms with van der Waals surface area (Å²) in [5, 5.41) is 2.37. The molecule has 1 fully saturated rings. The van der Waals surface area contributed by atoms with E-state index in [0.29, 0.717) is 19.4 Å². The van der Waals surface area contributed by atoms with Crippen LogP contribution in [0.4, 0.5) is 4.79 Å². The number of benzene rings is 1. The summed E-state index contributed by atoms with van der Waals surface area (Å²) in [6.07, 6.45) is 0.629. The van der Waals surface area contributed by atoms with Gasteiger partial charge in [-0.1, -0.05) is 36.9 Å². The topological polar surface area (TPSA) is 84.9 Å². The maximum absolute atomic E-state index is 12.2. The fraction of sp³-hybridized carbons (Fsp3) is 0.353. The molecule has 2 rings (SSSR count). The van der Waals surface area contributed by atoms with Crippen LogP contribution >= 0.6 is 0 Å². The predicted octanol–water partition coefficient (Wildman–Crippen LogP) is 1.59. The lowest BCUT2D eigenvalue weighted by Gasteiger charge is -2.23. The van der Waals surface area contributed by atoms with Crippen LogP contribution in [0.15, 0.2) is 42.6 Å². The van der Waals surface area contributed by atoms with E-state index in [1.165, 1.54) is 12.0 Å². The molecule has 1 unspecified atom stereocenters. The molecule has 128 valence electrons. The summed E-state index contributed by atoms with van der Waals surface area (Å²) < 4.78 is 9.74. The highest BCUT2D eigenvalue weighted by atomic mass is 16.6. The normalized spacial score (nSPS) is 16.4. The van der Waals surface area contributed by atoms with Crippen molar-refractivity contribution in [1.82, 2.24) is 10.2 Å². The van der Waals surface area contributed by atoms with Gasteiger partial charge < -0.3 is 14.8 Å². The first-order valence-electron chi connectivity index (χ1n) is 7.58. The lowest BCUT2D eigenvalue weighted by Crippen LogP contribution is -2.46. The first kappa shape index (κ1) is 17.5. The molecule has 0 radical (unpaired) electrons. The number of nitrogens with zero attached hydrogens (tertiary/aromatic N) is 1. The number of carbonyl (C=O) groups is 3. The molecule has 1 atom stereocenters. The van der Waals surface area contributed by atoms with Gasteiger partial charge in [-0.05, 0) is 18.4 Å². The summed E-state index contributed by atoms with van der Waals surface area (Å²) >= 11 is 0. The van der Waals surface area contributed by atoms with E-state index in [1.54, 1.807) is 0 Å². The molecular formula is C17H20N2O5. The number of nitrogens with one attached hydrogen (secondary N) is 1. The minimum absolute atomic E-state index is 0.138. The summed E-state index contributed by atoms with van der Waals surface area (Å²) in [6, 6.07) is 8.60. The van der Waals surface area contributed by atoms with E-state index in [2.05, 4.69) is 16.6 Å². The van der Waals surface area contributed by atoms with Gasteiger partial charge in [-0.25, -0.2) is 9.59 Å². The maximum Gasteiger partial charge on any atom is 0.410 e. The van der Waals surface area contributed by atoms with Crippen molar-refractivity contribution in [2.24, 2.45) is 0 Å². The van der Waals surface area contributed by atoms with Crippen LogP contribution in [0.2, 0.25) is 0 Å². The van der Waals surface area contributed by atoms with Crippen LogP contribution in [-0.4, -0.2) is 42.6 Å². The number of rotatable bonds is 5. The van der Waals surface area contributed by atoms with E-state index < -0.39 is 24.0 Å². The maximum atomic E-state index is 12.2. The zero-order chi connectivity index (χ0) is 17.5. The SMILES string of the molecule is C=C(NC(=O)C1CCCN1C(=O)OCc1ccccc1)C(=O)OC. The molecule has 0 spiro atoms. The standard InChI is InChI=1S/C17H20N2O5/c1-12(16(21)23-2)18-15(20)14-9-6-10-19(14)17(22)24-11-13-7-4-3-5-8-13/h3-5,7-8,14H,1,6,9-11H2,2H3,(H,18,20). The number of hydrogen-bond acceptors (Lipinski definition) is 5. The van der Waals surface area contributed by atoms with Gasteiger partial charge in [0.15, 0.2) is 0 Å². The van der Waals surface area contributed by atoms with Crippen LogP contribution in [0.5, 0.6) is 0 Å². The van der Waals surface area contributed by atoms with Crippen LogP contribution in [-0.2, 0) is 25.7 Å². The van der Waals surface area contributed by atoms with Gasteiger partial charge >= 0.3 is 12.1 Å². The molecule has 24 heavy (non-hydrogen) atoms. The molecule has 1 aliphatic heterocycles. The van der Waals surface area contributed by atoms with Gasteiger partial charge in [0, 0.05) is 6.54 Å². The number of likely N-dealkylation sites (tertiary alicyclic amines) is 1. The fourth-order valence-corrected chi connectivity index (χ4v) is 2.47.